The summed E-state index contributed by atoms with van der Waals surface area (Å²) in [7, 11) is 3.22. The lowest BCUT2D eigenvalue weighted by Gasteiger charge is -2.26. The first-order chi connectivity index (χ1) is 8.26. The van der Waals surface area contributed by atoms with Gasteiger partial charge in [-0.15, -0.1) is 0 Å². The van der Waals surface area contributed by atoms with Crippen LogP contribution in [-0.2, 0) is 4.74 Å². The van der Waals surface area contributed by atoms with Crippen LogP contribution in [0, 0.1) is 0 Å². The van der Waals surface area contributed by atoms with E-state index in [1.807, 2.05) is 6.07 Å². The van der Waals surface area contributed by atoms with Gasteiger partial charge in [-0.2, -0.15) is 0 Å². The van der Waals surface area contributed by atoms with E-state index < -0.39 is 0 Å². The van der Waals surface area contributed by atoms with Gasteiger partial charge in [0.2, 0.25) is 0 Å². The number of methoxy groups -OCH3 is 2. The second-order valence-electron chi connectivity index (χ2n) is 3.80. The Morgan fingerprint density at radius 1 is 1.35 bits per heavy atom. The zero-order valence-corrected chi connectivity index (χ0v) is 10.7. The second-order valence-corrected chi connectivity index (χ2v) is 4.20. The van der Waals surface area contributed by atoms with Crippen molar-refractivity contribution in [2.24, 2.45) is 0 Å². The van der Waals surface area contributed by atoms with E-state index in [0.717, 1.165) is 18.7 Å². The van der Waals surface area contributed by atoms with Gasteiger partial charge in [0.05, 0.1) is 32.0 Å². The van der Waals surface area contributed by atoms with Crippen molar-refractivity contribution < 1.29 is 14.2 Å². The highest BCUT2D eigenvalue weighted by atomic mass is 35.5. The fourth-order valence-electron chi connectivity index (χ4n) is 1.93. The van der Waals surface area contributed by atoms with E-state index in [1.54, 1.807) is 20.3 Å². The molecule has 0 saturated carbocycles. The van der Waals surface area contributed by atoms with E-state index in [0.29, 0.717) is 23.1 Å². The molecule has 1 aromatic carbocycles. The van der Waals surface area contributed by atoms with E-state index in [1.165, 1.54) is 0 Å². The Hall–Kier alpha value is -0.970. The van der Waals surface area contributed by atoms with Gasteiger partial charge in [0.1, 0.15) is 11.5 Å². The SMILES string of the molecule is COc1cc(Cl)c(OC)c(C2CNCCO2)c1. The molecular weight excluding hydrogens is 242 g/mol. The summed E-state index contributed by atoms with van der Waals surface area (Å²) >= 11 is 6.15. The molecule has 1 heterocycles. The minimum atomic E-state index is -0.0497. The molecule has 17 heavy (non-hydrogen) atoms. The predicted octanol–water partition coefficient (Wildman–Crippen LogP) is 2.02. The number of hydrogen-bond donors (Lipinski definition) is 1. The number of nitrogens with one attached hydrogen (secondary N) is 1. The number of ether oxygens (including phenoxy) is 3. The van der Waals surface area contributed by atoms with Crippen molar-refractivity contribution in [2.45, 2.75) is 6.10 Å². The van der Waals surface area contributed by atoms with Crippen molar-refractivity contribution in [3.8, 4) is 11.5 Å². The van der Waals surface area contributed by atoms with Gasteiger partial charge in [-0.1, -0.05) is 11.6 Å². The van der Waals surface area contributed by atoms with Gasteiger partial charge in [-0.05, 0) is 6.07 Å². The molecule has 4 nitrogen and oxygen atoms in total. The molecule has 0 bridgehead atoms. The normalized spacial score (nSPS) is 20.1. The number of benzene rings is 1. The van der Waals surface area contributed by atoms with Crippen molar-refractivity contribution in [1.82, 2.24) is 5.32 Å². The summed E-state index contributed by atoms with van der Waals surface area (Å²) in [6.07, 6.45) is -0.0497. The van der Waals surface area contributed by atoms with Crippen molar-refractivity contribution in [1.29, 1.82) is 0 Å². The zero-order chi connectivity index (χ0) is 12.3. The standard InChI is InChI=1S/C12H16ClNO3/c1-15-8-5-9(11-7-14-3-4-17-11)12(16-2)10(13)6-8/h5-6,11,14H,3-4,7H2,1-2H3. The second kappa shape index (κ2) is 5.58. The Labute approximate surface area is 106 Å². The predicted molar refractivity (Wildman–Crippen MR) is 66.1 cm³/mol. The third-order valence-corrected chi connectivity index (χ3v) is 3.04. The highest BCUT2D eigenvalue weighted by Crippen LogP contribution is 2.38. The van der Waals surface area contributed by atoms with Gasteiger partial charge >= 0.3 is 0 Å². The highest BCUT2D eigenvalue weighted by molar-refractivity contribution is 6.32. The molecule has 0 aromatic heterocycles. The topological polar surface area (TPSA) is 39.7 Å². The van der Waals surface area contributed by atoms with Gasteiger partial charge in [-0.25, -0.2) is 0 Å². The molecule has 1 aliphatic heterocycles. The summed E-state index contributed by atoms with van der Waals surface area (Å²) < 4.78 is 16.2. The van der Waals surface area contributed by atoms with Crippen LogP contribution in [-0.4, -0.2) is 33.9 Å². The highest BCUT2D eigenvalue weighted by Gasteiger charge is 2.22. The van der Waals surface area contributed by atoms with E-state index >= 15 is 0 Å². The van der Waals surface area contributed by atoms with E-state index in [2.05, 4.69) is 5.32 Å². The number of hydrogen-bond acceptors (Lipinski definition) is 4. The largest absolute Gasteiger partial charge is 0.497 e. The van der Waals surface area contributed by atoms with Crippen LogP contribution in [0.25, 0.3) is 0 Å². The zero-order valence-electron chi connectivity index (χ0n) is 9.96. The molecule has 1 fully saturated rings. The molecule has 0 aliphatic carbocycles. The van der Waals surface area contributed by atoms with Crippen molar-refractivity contribution in [2.75, 3.05) is 33.9 Å². The van der Waals surface area contributed by atoms with Crippen LogP contribution in [0.5, 0.6) is 11.5 Å². The van der Waals surface area contributed by atoms with Crippen LogP contribution in [0.2, 0.25) is 5.02 Å². The third-order valence-electron chi connectivity index (χ3n) is 2.76. The fourth-order valence-corrected chi connectivity index (χ4v) is 2.22. The average molecular weight is 258 g/mol. The van der Waals surface area contributed by atoms with Crippen LogP contribution in [0.1, 0.15) is 11.7 Å². The Morgan fingerprint density at radius 2 is 2.18 bits per heavy atom. The van der Waals surface area contributed by atoms with Crippen LogP contribution < -0.4 is 14.8 Å². The lowest BCUT2D eigenvalue weighted by molar-refractivity contribution is 0.0261. The first-order valence-electron chi connectivity index (χ1n) is 5.50. The van der Waals surface area contributed by atoms with Crippen LogP contribution >= 0.6 is 11.6 Å². The van der Waals surface area contributed by atoms with Crippen LogP contribution in [0.15, 0.2) is 12.1 Å². The fraction of sp³-hybridized carbons (Fsp3) is 0.500. The maximum Gasteiger partial charge on any atom is 0.143 e. The molecule has 1 atom stereocenters. The quantitative estimate of drug-likeness (QED) is 0.899. The molecule has 1 aliphatic rings. The Balaban J connectivity index is 2.38. The van der Waals surface area contributed by atoms with Crippen molar-refractivity contribution >= 4 is 11.6 Å². The van der Waals surface area contributed by atoms with Gasteiger partial charge in [0.15, 0.2) is 0 Å². The monoisotopic (exact) mass is 257 g/mol. The smallest absolute Gasteiger partial charge is 0.143 e. The Kier molecular flexibility index (Phi) is 4.10. The van der Waals surface area contributed by atoms with Crippen LogP contribution in [0.3, 0.4) is 0 Å². The molecule has 1 saturated heterocycles. The molecule has 1 N–H and O–H groups in total. The molecule has 2 rings (SSSR count). The first-order valence-corrected chi connectivity index (χ1v) is 5.87. The number of morpholine rings is 1. The molecule has 5 heteroatoms. The summed E-state index contributed by atoms with van der Waals surface area (Å²) in [6.45, 7) is 2.30. The molecule has 0 amide bonds. The third kappa shape index (κ3) is 2.65. The summed E-state index contributed by atoms with van der Waals surface area (Å²) in [5.74, 6) is 1.36. The van der Waals surface area contributed by atoms with Gasteiger partial charge in [-0.3, -0.25) is 0 Å². The maximum absolute atomic E-state index is 6.15. The average Bonchev–Trinajstić information content (AvgIpc) is 2.38. The molecule has 0 radical (unpaired) electrons. The summed E-state index contributed by atoms with van der Waals surface area (Å²) in [4.78, 5) is 0. The lowest BCUT2D eigenvalue weighted by Crippen LogP contribution is -2.33. The Morgan fingerprint density at radius 3 is 2.76 bits per heavy atom. The molecular formula is C12H16ClNO3. The van der Waals surface area contributed by atoms with Crippen LogP contribution in [0.4, 0.5) is 0 Å². The molecule has 1 unspecified atom stereocenters. The maximum atomic E-state index is 6.15. The Bertz CT molecular complexity index is 392. The van der Waals surface area contributed by atoms with Gasteiger partial charge in [0, 0.05) is 24.7 Å². The first kappa shape index (κ1) is 12.5. The lowest BCUT2D eigenvalue weighted by atomic mass is 10.1. The summed E-state index contributed by atoms with van der Waals surface area (Å²) in [6, 6.07) is 3.64. The molecule has 94 valence electrons. The van der Waals surface area contributed by atoms with Crippen molar-refractivity contribution in [3.63, 3.8) is 0 Å². The van der Waals surface area contributed by atoms with E-state index in [-0.39, 0.29) is 6.10 Å². The summed E-state index contributed by atoms with van der Waals surface area (Å²) in [5, 5.41) is 3.82. The van der Waals surface area contributed by atoms with E-state index in [4.69, 9.17) is 25.8 Å². The minimum Gasteiger partial charge on any atom is -0.497 e. The van der Waals surface area contributed by atoms with Gasteiger partial charge < -0.3 is 19.5 Å². The van der Waals surface area contributed by atoms with Gasteiger partial charge in [0.25, 0.3) is 0 Å². The van der Waals surface area contributed by atoms with Crippen molar-refractivity contribution in [3.05, 3.63) is 22.7 Å². The number of rotatable bonds is 3. The number of halogens is 1. The van der Waals surface area contributed by atoms with E-state index in [9.17, 15) is 0 Å². The summed E-state index contributed by atoms with van der Waals surface area (Å²) in [5.41, 5.74) is 0.920. The molecule has 0 spiro atoms. The molecule has 1 aromatic rings. The minimum absolute atomic E-state index is 0.0497.